The van der Waals surface area contributed by atoms with Gasteiger partial charge in [-0.1, -0.05) is 60.7 Å². The molecule has 0 aromatic heterocycles. The molecule has 25 heavy (non-hydrogen) atoms. The molecule has 4 heteroatoms. The van der Waals surface area contributed by atoms with Crippen molar-refractivity contribution in [2.24, 2.45) is 0 Å². The molecule has 134 valence electrons. The quantitative estimate of drug-likeness (QED) is 0.786. The smallest absolute Gasteiger partial charge is 0.151 e. The maximum absolute atomic E-state index is 9.20. The van der Waals surface area contributed by atoms with Crippen molar-refractivity contribution >= 4 is 0 Å². The predicted octanol–water partition coefficient (Wildman–Crippen LogP) is 2.75. The zero-order valence-corrected chi connectivity index (χ0v) is 14.9. The Morgan fingerprint density at radius 2 is 1.40 bits per heavy atom. The standard InChI is InChI=1S/C21H28N2O2/c1-18(24)25-17-16-22-12-14-23(15-13-22)21(19-8-4-2-5-9-19)20-10-6-3-7-11-20/h2-11,18,21,24H,12-17H2,1H3. The van der Waals surface area contributed by atoms with Crippen molar-refractivity contribution in [1.82, 2.24) is 9.80 Å². The van der Waals surface area contributed by atoms with Crippen molar-refractivity contribution in [2.45, 2.75) is 19.3 Å². The number of hydrogen-bond donors (Lipinski definition) is 1. The van der Waals surface area contributed by atoms with Crippen molar-refractivity contribution in [3.05, 3.63) is 71.8 Å². The molecule has 0 amide bonds. The van der Waals surface area contributed by atoms with Gasteiger partial charge in [-0.05, 0) is 18.1 Å². The molecule has 2 aromatic carbocycles. The Labute approximate surface area is 150 Å². The first-order valence-corrected chi connectivity index (χ1v) is 9.10. The maximum Gasteiger partial charge on any atom is 0.151 e. The monoisotopic (exact) mass is 340 g/mol. The lowest BCUT2D eigenvalue weighted by Crippen LogP contribution is -2.48. The van der Waals surface area contributed by atoms with E-state index in [-0.39, 0.29) is 0 Å². The molecule has 1 atom stereocenters. The minimum Gasteiger partial charge on any atom is -0.368 e. The SMILES string of the molecule is CC(O)OCCN1CCN(C(c2ccccc2)c2ccccc2)CC1. The summed E-state index contributed by atoms with van der Waals surface area (Å²) >= 11 is 0. The Balaban J connectivity index is 1.65. The molecule has 2 aromatic rings. The maximum atomic E-state index is 9.20. The van der Waals surface area contributed by atoms with Crippen molar-refractivity contribution in [2.75, 3.05) is 39.3 Å². The number of piperazine rings is 1. The predicted molar refractivity (Wildman–Crippen MR) is 100 cm³/mol. The Morgan fingerprint density at radius 1 is 0.880 bits per heavy atom. The van der Waals surface area contributed by atoms with Gasteiger partial charge in [-0.15, -0.1) is 0 Å². The van der Waals surface area contributed by atoms with Crippen LogP contribution < -0.4 is 0 Å². The summed E-state index contributed by atoms with van der Waals surface area (Å²) in [5, 5.41) is 9.20. The molecular weight excluding hydrogens is 312 g/mol. The van der Waals surface area contributed by atoms with E-state index in [4.69, 9.17) is 4.74 Å². The molecule has 4 nitrogen and oxygen atoms in total. The van der Waals surface area contributed by atoms with Gasteiger partial charge in [0.05, 0.1) is 12.6 Å². The molecule has 1 unspecified atom stereocenters. The first kappa shape index (κ1) is 18.1. The molecule has 1 N–H and O–H groups in total. The number of aliphatic hydroxyl groups is 1. The number of rotatable bonds is 7. The topological polar surface area (TPSA) is 35.9 Å². The fourth-order valence-corrected chi connectivity index (χ4v) is 3.48. The van der Waals surface area contributed by atoms with Crippen LogP contribution in [-0.2, 0) is 4.74 Å². The first-order valence-electron chi connectivity index (χ1n) is 9.10. The summed E-state index contributed by atoms with van der Waals surface area (Å²) < 4.78 is 5.26. The summed E-state index contributed by atoms with van der Waals surface area (Å²) in [6.07, 6.45) is -0.679. The Bertz CT molecular complexity index is 571. The molecule has 1 heterocycles. The van der Waals surface area contributed by atoms with Crippen LogP contribution in [0.3, 0.4) is 0 Å². The van der Waals surface area contributed by atoms with Gasteiger partial charge in [0.2, 0.25) is 0 Å². The molecule has 0 saturated carbocycles. The van der Waals surface area contributed by atoms with Crippen LogP contribution in [0.2, 0.25) is 0 Å². The van der Waals surface area contributed by atoms with Gasteiger partial charge in [0.25, 0.3) is 0 Å². The Hall–Kier alpha value is -1.72. The van der Waals surface area contributed by atoms with Gasteiger partial charge in [-0.3, -0.25) is 9.80 Å². The van der Waals surface area contributed by atoms with Gasteiger partial charge in [0.1, 0.15) is 0 Å². The Kier molecular flexibility index (Phi) is 6.59. The summed E-state index contributed by atoms with van der Waals surface area (Å²) in [5.74, 6) is 0. The highest BCUT2D eigenvalue weighted by Crippen LogP contribution is 2.29. The fraction of sp³-hybridized carbons (Fsp3) is 0.429. The highest BCUT2D eigenvalue weighted by molar-refractivity contribution is 5.31. The van der Waals surface area contributed by atoms with E-state index in [1.54, 1.807) is 6.92 Å². The van der Waals surface area contributed by atoms with Crippen molar-refractivity contribution in [3.8, 4) is 0 Å². The third kappa shape index (κ3) is 5.13. The second kappa shape index (κ2) is 9.11. The molecule has 0 radical (unpaired) electrons. The molecule has 0 bridgehead atoms. The van der Waals surface area contributed by atoms with E-state index in [0.717, 1.165) is 32.7 Å². The fourth-order valence-electron chi connectivity index (χ4n) is 3.48. The van der Waals surface area contributed by atoms with Crippen molar-refractivity contribution in [1.29, 1.82) is 0 Å². The zero-order chi connectivity index (χ0) is 17.5. The van der Waals surface area contributed by atoms with E-state index in [1.165, 1.54) is 11.1 Å². The van der Waals surface area contributed by atoms with E-state index < -0.39 is 6.29 Å². The first-order chi connectivity index (χ1) is 12.2. The molecule has 1 aliphatic rings. The van der Waals surface area contributed by atoms with E-state index in [2.05, 4.69) is 70.5 Å². The third-order valence-corrected chi connectivity index (χ3v) is 4.77. The van der Waals surface area contributed by atoms with Crippen LogP contribution in [0.1, 0.15) is 24.1 Å². The normalized spacial score (nSPS) is 17.7. The van der Waals surface area contributed by atoms with Crippen LogP contribution in [0.5, 0.6) is 0 Å². The van der Waals surface area contributed by atoms with E-state index >= 15 is 0 Å². The highest BCUT2D eigenvalue weighted by atomic mass is 16.6. The van der Waals surface area contributed by atoms with Gasteiger partial charge < -0.3 is 9.84 Å². The van der Waals surface area contributed by atoms with Crippen molar-refractivity contribution < 1.29 is 9.84 Å². The average molecular weight is 340 g/mol. The molecular formula is C21H28N2O2. The van der Waals surface area contributed by atoms with Gasteiger partial charge in [-0.25, -0.2) is 0 Å². The van der Waals surface area contributed by atoms with Crippen molar-refractivity contribution in [3.63, 3.8) is 0 Å². The number of hydrogen-bond acceptors (Lipinski definition) is 4. The average Bonchev–Trinajstić information content (AvgIpc) is 2.65. The van der Waals surface area contributed by atoms with E-state index in [9.17, 15) is 5.11 Å². The van der Waals surface area contributed by atoms with E-state index in [0.29, 0.717) is 12.6 Å². The van der Waals surface area contributed by atoms with Crippen LogP contribution >= 0.6 is 0 Å². The van der Waals surface area contributed by atoms with Crippen LogP contribution in [0, 0.1) is 0 Å². The zero-order valence-electron chi connectivity index (χ0n) is 14.9. The second-order valence-corrected chi connectivity index (χ2v) is 6.57. The lowest BCUT2D eigenvalue weighted by molar-refractivity contribution is -0.0909. The van der Waals surface area contributed by atoms with Gasteiger partial charge in [0.15, 0.2) is 6.29 Å². The minimum absolute atomic E-state index is 0.304. The number of nitrogens with zero attached hydrogens (tertiary/aromatic N) is 2. The largest absolute Gasteiger partial charge is 0.368 e. The van der Waals surface area contributed by atoms with Crippen LogP contribution in [0.4, 0.5) is 0 Å². The molecule has 3 rings (SSSR count). The molecule has 0 aliphatic carbocycles. The lowest BCUT2D eigenvalue weighted by Gasteiger charge is -2.39. The molecule has 0 spiro atoms. The van der Waals surface area contributed by atoms with Crippen LogP contribution in [0.15, 0.2) is 60.7 Å². The highest BCUT2D eigenvalue weighted by Gasteiger charge is 2.26. The lowest BCUT2D eigenvalue weighted by atomic mass is 9.96. The van der Waals surface area contributed by atoms with Gasteiger partial charge >= 0.3 is 0 Å². The van der Waals surface area contributed by atoms with Crippen LogP contribution in [0.25, 0.3) is 0 Å². The van der Waals surface area contributed by atoms with Gasteiger partial charge in [0, 0.05) is 32.7 Å². The second-order valence-electron chi connectivity index (χ2n) is 6.57. The summed E-state index contributed by atoms with van der Waals surface area (Å²) in [4.78, 5) is 4.97. The minimum atomic E-state index is -0.679. The number of ether oxygens (including phenoxy) is 1. The Morgan fingerprint density at radius 3 is 1.88 bits per heavy atom. The number of aliphatic hydroxyl groups excluding tert-OH is 1. The summed E-state index contributed by atoms with van der Waals surface area (Å²) in [7, 11) is 0. The third-order valence-electron chi connectivity index (χ3n) is 4.77. The molecule has 1 saturated heterocycles. The summed E-state index contributed by atoms with van der Waals surface area (Å²) in [6.45, 7) is 7.23. The number of benzene rings is 2. The van der Waals surface area contributed by atoms with Gasteiger partial charge in [-0.2, -0.15) is 0 Å². The molecule has 1 aliphatic heterocycles. The van der Waals surface area contributed by atoms with E-state index in [1.807, 2.05) is 0 Å². The summed E-state index contributed by atoms with van der Waals surface area (Å²) in [5.41, 5.74) is 2.69. The van der Waals surface area contributed by atoms with Crippen LogP contribution in [-0.4, -0.2) is 60.5 Å². The summed E-state index contributed by atoms with van der Waals surface area (Å²) in [6, 6.07) is 21.8. The molecule has 1 fully saturated rings.